The molecule has 0 unspecified atom stereocenters. The third-order valence-corrected chi connectivity index (χ3v) is 0.672. The summed E-state index contributed by atoms with van der Waals surface area (Å²) in [4.78, 5) is 19.5. The van der Waals surface area contributed by atoms with E-state index in [1.165, 1.54) is 0 Å². The van der Waals surface area contributed by atoms with Crippen molar-refractivity contribution in [2.75, 3.05) is 4.61 Å². The second-order valence-electron chi connectivity index (χ2n) is 1.17. The van der Waals surface area contributed by atoms with Crippen LogP contribution in [0.1, 0.15) is 0 Å². The molecule has 0 fully saturated rings. The van der Waals surface area contributed by atoms with E-state index in [9.17, 15) is 9.59 Å². The maximum atomic E-state index is 9.92. The SMILES string of the molecule is O=C(O)C(=O)OCI.[Li+].[O-]B(O)O. The third-order valence-electron chi connectivity index (χ3n) is 0.360. The van der Waals surface area contributed by atoms with E-state index < -0.39 is 19.3 Å². The van der Waals surface area contributed by atoms with E-state index >= 15 is 0 Å². The van der Waals surface area contributed by atoms with Crippen molar-refractivity contribution in [3.8, 4) is 0 Å². The van der Waals surface area contributed by atoms with Crippen LogP contribution in [0.5, 0.6) is 0 Å². The van der Waals surface area contributed by atoms with Crippen molar-refractivity contribution < 1.29 is 53.4 Å². The van der Waals surface area contributed by atoms with Gasteiger partial charge in [-0.05, 0) is 22.6 Å². The zero-order valence-corrected chi connectivity index (χ0v) is 8.79. The number of ether oxygens (including phenoxy) is 1. The van der Waals surface area contributed by atoms with Gasteiger partial charge in [-0.25, -0.2) is 9.59 Å². The van der Waals surface area contributed by atoms with Crippen LogP contribution in [-0.2, 0) is 14.3 Å². The summed E-state index contributed by atoms with van der Waals surface area (Å²) < 4.78 is 4.12. The van der Waals surface area contributed by atoms with Gasteiger partial charge in [0, 0.05) is 0 Å². The Hall–Kier alpha value is 0.212. The van der Waals surface area contributed by atoms with Crippen LogP contribution >= 0.6 is 22.6 Å². The minimum absolute atomic E-state index is 0. The summed E-state index contributed by atoms with van der Waals surface area (Å²) in [5, 5.41) is 30.6. The predicted molar refractivity (Wildman–Crippen MR) is 42.8 cm³/mol. The van der Waals surface area contributed by atoms with E-state index in [-0.39, 0.29) is 23.5 Å². The van der Waals surface area contributed by atoms with E-state index in [0.717, 1.165) is 0 Å². The summed E-state index contributed by atoms with van der Waals surface area (Å²) >= 11 is 1.73. The van der Waals surface area contributed by atoms with Crippen molar-refractivity contribution >= 4 is 41.9 Å². The number of alkyl halides is 1. The fraction of sp³-hybridized carbons (Fsp3) is 0.333. The Morgan fingerprint density at radius 2 is 1.77 bits per heavy atom. The largest absolute Gasteiger partial charge is 1.00 e. The molecule has 3 N–H and O–H groups in total. The maximum absolute atomic E-state index is 9.92. The summed E-state index contributed by atoms with van der Waals surface area (Å²) in [5.41, 5.74) is 0. The van der Waals surface area contributed by atoms with E-state index in [1.54, 1.807) is 22.6 Å². The number of carbonyl (C=O) groups excluding carboxylic acids is 1. The fourth-order valence-electron chi connectivity index (χ4n) is 0.111. The molecule has 7 nitrogen and oxygen atoms in total. The molecule has 0 aromatic carbocycles. The number of hydrogen-bond acceptors (Lipinski definition) is 6. The molecule has 10 heteroatoms. The van der Waals surface area contributed by atoms with Gasteiger partial charge in [-0.1, -0.05) is 0 Å². The summed E-state index contributed by atoms with van der Waals surface area (Å²) in [6.07, 6.45) is 0. The summed E-state index contributed by atoms with van der Waals surface area (Å²) in [6, 6.07) is 0. The first kappa shape index (κ1) is 18.9. The standard InChI is InChI=1S/C3H3IO4.BH2O3.Li/c4-1-8-3(7)2(5)6;2-1(3)4;/h1H2,(H,5,6);2-3H;/q;-1;+1. The quantitative estimate of drug-likeness (QED) is 0.145. The Morgan fingerprint density at radius 3 is 1.85 bits per heavy atom. The van der Waals surface area contributed by atoms with Crippen LogP contribution in [0.25, 0.3) is 0 Å². The van der Waals surface area contributed by atoms with Crippen LogP contribution < -0.4 is 23.9 Å². The van der Waals surface area contributed by atoms with Crippen LogP contribution in [-0.4, -0.2) is 39.0 Å². The summed E-state index contributed by atoms with van der Waals surface area (Å²) in [5.74, 6) is -2.76. The molecule has 0 rings (SSSR count). The Balaban J connectivity index is -0.000000173. The van der Waals surface area contributed by atoms with Crippen molar-refractivity contribution in [3.05, 3.63) is 0 Å². The molecule has 70 valence electrons. The van der Waals surface area contributed by atoms with E-state index in [2.05, 4.69) is 4.74 Å². The zero-order chi connectivity index (χ0) is 10.1. The molecule has 0 heterocycles. The van der Waals surface area contributed by atoms with E-state index in [4.69, 9.17) is 20.2 Å². The normalized spacial score (nSPS) is 7.08. The van der Waals surface area contributed by atoms with Gasteiger partial charge < -0.3 is 24.9 Å². The molecular weight excluding hydrogens is 293 g/mol. The van der Waals surface area contributed by atoms with Gasteiger partial charge in [0.2, 0.25) is 0 Å². The van der Waals surface area contributed by atoms with Gasteiger partial charge in [0.15, 0.2) is 0 Å². The summed E-state index contributed by atoms with van der Waals surface area (Å²) in [7, 11) is -2.42. The van der Waals surface area contributed by atoms with Crippen LogP contribution in [0.15, 0.2) is 0 Å². The molecule has 0 bridgehead atoms. The van der Waals surface area contributed by atoms with Crippen molar-refractivity contribution in [2.45, 2.75) is 0 Å². The van der Waals surface area contributed by atoms with Gasteiger partial charge in [-0.15, -0.1) is 0 Å². The molecule has 0 aliphatic rings. The van der Waals surface area contributed by atoms with Gasteiger partial charge in [-0.2, -0.15) is 0 Å². The van der Waals surface area contributed by atoms with E-state index in [0.29, 0.717) is 0 Å². The molecule has 0 radical (unpaired) electrons. The second-order valence-corrected chi connectivity index (χ2v) is 1.80. The average molecular weight is 298 g/mol. The molecule has 0 saturated heterocycles. The molecule has 0 atom stereocenters. The number of carbonyl (C=O) groups is 2. The first-order valence-corrected chi connectivity index (χ1v) is 3.92. The number of carboxylic acid groups (broad SMARTS) is 1. The molecule has 0 aromatic heterocycles. The second kappa shape index (κ2) is 12.2. The van der Waals surface area contributed by atoms with Crippen molar-refractivity contribution in [3.63, 3.8) is 0 Å². The van der Waals surface area contributed by atoms with E-state index in [1.807, 2.05) is 0 Å². The summed E-state index contributed by atoms with van der Waals surface area (Å²) in [6.45, 7) is 0. The number of rotatable bonds is 1. The van der Waals surface area contributed by atoms with Crippen molar-refractivity contribution in [1.29, 1.82) is 0 Å². The molecule has 0 spiro atoms. The Labute approximate surface area is 99.6 Å². The van der Waals surface area contributed by atoms with Crippen LogP contribution in [0.4, 0.5) is 0 Å². The first-order chi connectivity index (χ1) is 5.41. The molecule has 13 heavy (non-hydrogen) atoms. The zero-order valence-electron chi connectivity index (χ0n) is 6.64. The number of halogens is 1. The molecule has 0 aromatic rings. The fourth-order valence-corrected chi connectivity index (χ4v) is 0.394. The van der Waals surface area contributed by atoms with Crippen LogP contribution in [0.3, 0.4) is 0 Å². The number of esters is 1. The van der Waals surface area contributed by atoms with Gasteiger partial charge in [0.1, 0.15) is 4.61 Å². The molecule has 0 amide bonds. The number of hydrogen-bond donors (Lipinski definition) is 3. The minimum Gasteiger partial charge on any atom is -0.832 e. The molecule has 0 saturated carbocycles. The first-order valence-electron chi connectivity index (χ1n) is 2.39. The van der Waals surface area contributed by atoms with Gasteiger partial charge >= 0.3 is 38.1 Å². The van der Waals surface area contributed by atoms with Gasteiger partial charge in [0.25, 0.3) is 0 Å². The predicted octanol–water partition coefficient (Wildman–Crippen LogP) is -5.67. The number of aliphatic carboxylic acids is 1. The smallest absolute Gasteiger partial charge is 0.832 e. The van der Waals surface area contributed by atoms with Gasteiger partial charge in [0.05, 0.1) is 0 Å². The minimum atomic E-state index is -2.42. The average Bonchev–Trinajstić information content (AvgIpc) is 1.86. The maximum Gasteiger partial charge on any atom is 1.00 e. The van der Waals surface area contributed by atoms with Crippen LogP contribution in [0, 0.1) is 0 Å². The monoisotopic (exact) mass is 298 g/mol. The molecular formula is C3H5BILiO7. The Morgan fingerprint density at radius 1 is 1.46 bits per heavy atom. The van der Waals surface area contributed by atoms with Gasteiger partial charge in [-0.3, -0.25) is 0 Å². The Bertz CT molecular complexity index is 150. The third kappa shape index (κ3) is 24.5. The van der Waals surface area contributed by atoms with Crippen molar-refractivity contribution in [1.82, 2.24) is 0 Å². The number of carboxylic acids is 1. The Kier molecular flexibility index (Phi) is 17.7. The molecule has 0 aliphatic heterocycles. The molecule has 0 aliphatic carbocycles. The topological polar surface area (TPSA) is 127 Å². The van der Waals surface area contributed by atoms with Crippen LogP contribution in [0.2, 0.25) is 0 Å². The van der Waals surface area contributed by atoms with Crippen molar-refractivity contribution in [2.24, 2.45) is 0 Å².